The molecule has 1 saturated heterocycles. The monoisotopic (exact) mass is 344 g/mol. The third kappa shape index (κ3) is 4.16. The number of hydrogen-bond donors (Lipinski definition) is 2. The van der Waals surface area contributed by atoms with Gasteiger partial charge >= 0.3 is 0 Å². The van der Waals surface area contributed by atoms with Gasteiger partial charge in [0.25, 0.3) is 5.91 Å². The number of amides is 1. The van der Waals surface area contributed by atoms with Crippen LogP contribution in [-0.4, -0.2) is 43.0 Å². The molecule has 1 aromatic carbocycles. The maximum Gasteiger partial charge on any atom is 0.254 e. The first kappa shape index (κ1) is 17.0. The molecule has 0 spiro atoms. The Balaban J connectivity index is 1.67. The van der Waals surface area contributed by atoms with Crippen LogP contribution in [0.25, 0.3) is 0 Å². The van der Waals surface area contributed by atoms with Crippen molar-refractivity contribution in [3.63, 3.8) is 0 Å². The molecular formula is C17H20N4O4. The summed E-state index contributed by atoms with van der Waals surface area (Å²) in [7, 11) is 3.18. The first-order chi connectivity index (χ1) is 12.2. The molecule has 1 atom stereocenters. The van der Waals surface area contributed by atoms with Gasteiger partial charge in [0, 0.05) is 12.7 Å². The lowest BCUT2D eigenvalue weighted by atomic mass is 10.2. The normalized spacial score (nSPS) is 16.3. The van der Waals surface area contributed by atoms with Gasteiger partial charge in [0.1, 0.15) is 17.6 Å². The minimum Gasteiger partial charge on any atom is -0.497 e. The van der Waals surface area contributed by atoms with Gasteiger partial charge in [-0.1, -0.05) is 0 Å². The second-order valence-electron chi connectivity index (χ2n) is 5.49. The highest BCUT2D eigenvalue weighted by Crippen LogP contribution is 2.30. The third-order valence-electron chi connectivity index (χ3n) is 3.81. The zero-order valence-electron chi connectivity index (χ0n) is 14.1. The fraction of sp³-hybridized carbons (Fsp3) is 0.353. The number of ether oxygens (including phenoxy) is 3. The lowest BCUT2D eigenvalue weighted by Crippen LogP contribution is -2.27. The minimum atomic E-state index is -0.402. The maximum absolute atomic E-state index is 12.0. The Bertz CT molecular complexity index is 730. The van der Waals surface area contributed by atoms with Crippen LogP contribution in [0.5, 0.6) is 11.5 Å². The summed E-state index contributed by atoms with van der Waals surface area (Å²) in [6.07, 6.45) is 1.23. The quantitative estimate of drug-likeness (QED) is 0.830. The maximum atomic E-state index is 12.0. The summed E-state index contributed by atoms with van der Waals surface area (Å²) in [6.45, 7) is 0.620. The molecular weight excluding hydrogens is 324 g/mol. The van der Waals surface area contributed by atoms with Crippen LogP contribution in [0.4, 0.5) is 17.3 Å². The zero-order valence-corrected chi connectivity index (χ0v) is 14.1. The molecule has 0 radical (unpaired) electrons. The van der Waals surface area contributed by atoms with Crippen LogP contribution < -0.4 is 20.1 Å². The molecule has 1 aliphatic heterocycles. The van der Waals surface area contributed by atoms with Crippen molar-refractivity contribution in [1.82, 2.24) is 10.2 Å². The summed E-state index contributed by atoms with van der Waals surface area (Å²) >= 11 is 0. The first-order valence-electron chi connectivity index (χ1n) is 7.95. The molecule has 0 bridgehead atoms. The van der Waals surface area contributed by atoms with E-state index in [0.717, 1.165) is 12.8 Å². The van der Waals surface area contributed by atoms with Crippen molar-refractivity contribution in [2.45, 2.75) is 18.9 Å². The minimum absolute atomic E-state index is 0.193. The van der Waals surface area contributed by atoms with Crippen molar-refractivity contribution in [1.29, 1.82) is 0 Å². The molecule has 3 rings (SSSR count). The van der Waals surface area contributed by atoms with E-state index >= 15 is 0 Å². The highest BCUT2D eigenvalue weighted by Gasteiger charge is 2.23. The predicted molar refractivity (Wildman–Crippen MR) is 92.5 cm³/mol. The fourth-order valence-corrected chi connectivity index (χ4v) is 2.51. The summed E-state index contributed by atoms with van der Waals surface area (Å²) in [4.78, 5) is 12.0. The Morgan fingerprint density at radius 2 is 1.96 bits per heavy atom. The van der Waals surface area contributed by atoms with Gasteiger partial charge in [-0.3, -0.25) is 4.79 Å². The Hall–Kier alpha value is -2.87. The van der Waals surface area contributed by atoms with Gasteiger partial charge in [-0.15, -0.1) is 10.2 Å². The largest absolute Gasteiger partial charge is 0.497 e. The van der Waals surface area contributed by atoms with Crippen molar-refractivity contribution in [3.8, 4) is 11.5 Å². The molecule has 0 aliphatic carbocycles. The molecule has 1 aromatic heterocycles. The highest BCUT2D eigenvalue weighted by atomic mass is 16.5. The van der Waals surface area contributed by atoms with E-state index in [-0.39, 0.29) is 5.91 Å². The molecule has 8 nitrogen and oxygen atoms in total. The van der Waals surface area contributed by atoms with E-state index in [9.17, 15) is 4.79 Å². The average molecular weight is 344 g/mol. The molecule has 0 saturated carbocycles. The number of hydrogen-bond acceptors (Lipinski definition) is 7. The van der Waals surface area contributed by atoms with E-state index in [4.69, 9.17) is 14.2 Å². The Morgan fingerprint density at radius 1 is 1.16 bits per heavy atom. The summed E-state index contributed by atoms with van der Waals surface area (Å²) in [6, 6.07) is 8.80. The summed E-state index contributed by atoms with van der Waals surface area (Å²) < 4.78 is 15.9. The molecule has 1 fully saturated rings. The third-order valence-corrected chi connectivity index (χ3v) is 3.81. The highest BCUT2D eigenvalue weighted by molar-refractivity contribution is 5.93. The molecule has 8 heteroatoms. The van der Waals surface area contributed by atoms with Crippen LogP contribution in [0.3, 0.4) is 0 Å². The number of benzene rings is 1. The van der Waals surface area contributed by atoms with Crippen LogP contribution in [0.15, 0.2) is 30.3 Å². The number of carbonyl (C=O) groups excluding carboxylic acids is 1. The molecule has 1 amide bonds. The van der Waals surface area contributed by atoms with Gasteiger partial charge in [-0.2, -0.15) is 0 Å². The summed E-state index contributed by atoms with van der Waals surface area (Å²) in [5.41, 5.74) is 0.701. The number of aromatic nitrogens is 2. The topological polar surface area (TPSA) is 94.6 Å². The molecule has 2 aromatic rings. The molecule has 2 N–H and O–H groups in total. The van der Waals surface area contributed by atoms with Crippen LogP contribution in [-0.2, 0) is 9.53 Å². The number of nitrogens with zero attached hydrogens (tertiary/aromatic N) is 2. The Labute approximate surface area is 145 Å². The van der Waals surface area contributed by atoms with E-state index in [1.165, 1.54) is 0 Å². The average Bonchev–Trinajstić information content (AvgIpc) is 3.18. The number of methoxy groups -OCH3 is 2. The van der Waals surface area contributed by atoms with Crippen molar-refractivity contribution >= 4 is 23.2 Å². The van der Waals surface area contributed by atoms with Crippen molar-refractivity contribution in [2.75, 3.05) is 31.5 Å². The van der Waals surface area contributed by atoms with Gasteiger partial charge in [0.15, 0.2) is 11.6 Å². The molecule has 1 unspecified atom stereocenters. The van der Waals surface area contributed by atoms with Gasteiger partial charge in [0.2, 0.25) is 0 Å². The van der Waals surface area contributed by atoms with Gasteiger partial charge in [-0.25, -0.2) is 0 Å². The lowest BCUT2D eigenvalue weighted by molar-refractivity contribution is -0.124. The number of anilines is 3. The molecule has 25 heavy (non-hydrogen) atoms. The standard InChI is InChI=1S/C17H20N4O4/c1-23-11-5-6-13(24-2)12(10-11)18-15-7-8-16(21-20-15)19-17(22)14-4-3-9-25-14/h5-8,10,14H,3-4,9H2,1-2H3,(H,18,20)(H,19,21,22). The van der Waals surface area contributed by atoms with Crippen LogP contribution in [0, 0.1) is 0 Å². The smallest absolute Gasteiger partial charge is 0.254 e. The molecule has 1 aliphatic rings. The summed E-state index contributed by atoms with van der Waals surface area (Å²) in [5, 5.41) is 13.9. The fourth-order valence-electron chi connectivity index (χ4n) is 2.51. The second kappa shape index (κ2) is 7.80. The van der Waals surface area contributed by atoms with E-state index in [2.05, 4.69) is 20.8 Å². The number of carbonyl (C=O) groups is 1. The van der Waals surface area contributed by atoms with E-state index in [1.54, 1.807) is 44.6 Å². The van der Waals surface area contributed by atoms with Crippen LogP contribution >= 0.6 is 0 Å². The van der Waals surface area contributed by atoms with Crippen LogP contribution in [0.1, 0.15) is 12.8 Å². The molecule has 132 valence electrons. The second-order valence-corrected chi connectivity index (χ2v) is 5.49. The predicted octanol–water partition coefficient (Wildman–Crippen LogP) is 2.35. The van der Waals surface area contributed by atoms with E-state index in [0.29, 0.717) is 35.4 Å². The first-order valence-corrected chi connectivity index (χ1v) is 7.95. The Kier molecular flexibility index (Phi) is 5.30. The van der Waals surface area contributed by atoms with Gasteiger partial charge < -0.3 is 24.8 Å². The van der Waals surface area contributed by atoms with E-state index in [1.807, 2.05) is 0 Å². The Morgan fingerprint density at radius 3 is 2.60 bits per heavy atom. The number of rotatable bonds is 6. The van der Waals surface area contributed by atoms with Crippen molar-refractivity contribution < 1.29 is 19.0 Å². The molecule has 2 heterocycles. The lowest BCUT2D eigenvalue weighted by Gasteiger charge is -2.12. The van der Waals surface area contributed by atoms with Gasteiger partial charge in [0.05, 0.1) is 19.9 Å². The van der Waals surface area contributed by atoms with Crippen molar-refractivity contribution in [2.24, 2.45) is 0 Å². The van der Waals surface area contributed by atoms with Crippen LogP contribution in [0.2, 0.25) is 0 Å². The van der Waals surface area contributed by atoms with E-state index < -0.39 is 6.10 Å². The number of nitrogens with one attached hydrogen (secondary N) is 2. The summed E-state index contributed by atoms with van der Waals surface area (Å²) in [5.74, 6) is 2.04. The van der Waals surface area contributed by atoms with Crippen molar-refractivity contribution in [3.05, 3.63) is 30.3 Å². The van der Waals surface area contributed by atoms with Gasteiger partial charge in [-0.05, 0) is 37.1 Å². The SMILES string of the molecule is COc1ccc(OC)c(Nc2ccc(NC(=O)C3CCCO3)nn2)c1. The zero-order chi connectivity index (χ0) is 17.6.